The van der Waals surface area contributed by atoms with Gasteiger partial charge in [0, 0.05) is 69.8 Å². The van der Waals surface area contributed by atoms with Gasteiger partial charge in [0.1, 0.15) is 11.2 Å². The number of furan rings is 1. The monoisotopic (exact) mass is 884 g/mol. The van der Waals surface area contributed by atoms with Crippen LogP contribution in [0.25, 0.3) is 114 Å². The third kappa shape index (κ3) is 5.98. The lowest BCUT2D eigenvalue weighted by Crippen LogP contribution is -2.12. The summed E-state index contributed by atoms with van der Waals surface area (Å²) in [4.78, 5) is 2.46. The molecule has 14 aromatic rings. The van der Waals surface area contributed by atoms with Crippen LogP contribution in [0.4, 0.5) is 17.1 Å². The minimum Gasteiger partial charge on any atom is -0.455 e. The Morgan fingerprint density at radius 2 is 0.912 bits per heavy atom. The van der Waals surface area contributed by atoms with Crippen LogP contribution in [0.3, 0.4) is 0 Å². The van der Waals surface area contributed by atoms with Gasteiger partial charge in [0.25, 0.3) is 0 Å². The second-order valence-corrected chi connectivity index (χ2v) is 18.6. The van der Waals surface area contributed by atoms with E-state index in [-0.39, 0.29) is 0 Å². The zero-order valence-electron chi connectivity index (χ0n) is 36.8. The van der Waals surface area contributed by atoms with E-state index in [1.165, 1.54) is 69.4 Å². The van der Waals surface area contributed by atoms with E-state index in [1.54, 1.807) is 0 Å². The average molecular weight is 885 g/mol. The van der Waals surface area contributed by atoms with E-state index in [9.17, 15) is 0 Å². The first-order chi connectivity index (χ1) is 33.7. The van der Waals surface area contributed by atoms with Crippen LogP contribution in [0.1, 0.15) is 0 Å². The van der Waals surface area contributed by atoms with E-state index in [1.807, 2.05) is 17.4 Å². The molecule has 0 saturated carbocycles. The van der Waals surface area contributed by atoms with Crippen molar-refractivity contribution in [2.24, 2.45) is 0 Å². The quantitative estimate of drug-likeness (QED) is 0.159. The zero-order valence-corrected chi connectivity index (χ0v) is 37.6. The number of nitrogens with zero attached hydrogens (tertiary/aromatic N) is 2. The number of fused-ring (bicyclic) bond motifs is 10. The maximum absolute atomic E-state index is 6.54. The molecular formula is C64H40N2OS. The molecule has 68 heavy (non-hydrogen) atoms. The molecule has 0 unspecified atom stereocenters. The van der Waals surface area contributed by atoms with Gasteiger partial charge in [-0.15, -0.1) is 11.3 Å². The van der Waals surface area contributed by atoms with Crippen molar-refractivity contribution >= 4 is 103 Å². The van der Waals surface area contributed by atoms with Crippen molar-refractivity contribution in [3.63, 3.8) is 0 Å². The van der Waals surface area contributed by atoms with Gasteiger partial charge in [0.2, 0.25) is 0 Å². The van der Waals surface area contributed by atoms with Gasteiger partial charge in [0.15, 0.2) is 0 Å². The van der Waals surface area contributed by atoms with E-state index in [0.717, 1.165) is 61.4 Å². The topological polar surface area (TPSA) is 21.3 Å². The van der Waals surface area contributed by atoms with Gasteiger partial charge in [-0.1, -0.05) is 182 Å². The Hall–Kier alpha value is -8.70. The fraction of sp³-hybridized carbons (Fsp3) is 0. The normalized spacial score (nSPS) is 11.8. The molecule has 0 atom stereocenters. The largest absolute Gasteiger partial charge is 0.455 e. The molecule has 0 aliphatic heterocycles. The van der Waals surface area contributed by atoms with Crippen molar-refractivity contribution in [3.8, 4) is 39.1 Å². The van der Waals surface area contributed by atoms with Gasteiger partial charge in [-0.2, -0.15) is 0 Å². The lowest BCUT2D eigenvalue weighted by Gasteiger charge is -2.29. The third-order valence-corrected chi connectivity index (χ3v) is 15.0. The molecule has 0 radical (unpaired) electrons. The van der Waals surface area contributed by atoms with Crippen molar-refractivity contribution in [2.45, 2.75) is 0 Å². The molecule has 3 aromatic heterocycles. The number of hydrogen-bond acceptors (Lipinski definition) is 3. The van der Waals surface area contributed by atoms with Crippen molar-refractivity contribution in [1.29, 1.82) is 0 Å². The van der Waals surface area contributed by atoms with Crippen molar-refractivity contribution in [3.05, 3.63) is 243 Å². The molecule has 0 aliphatic rings. The minimum atomic E-state index is 0.898. The first-order valence-corrected chi connectivity index (χ1v) is 24.0. The summed E-state index contributed by atoms with van der Waals surface area (Å²) in [5.41, 5.74) is 15.4. The van der Waals surface area contributed by atoms with E-state index >= 15 is 0 Å². The molecule has 0 saturated heterocycles. The lowest BCUT2D eigenvalue weighted by molar-refractivity contribution is 0.670. The summed E-state index contributed by atoms with van der Waals surface area (Å²) >= 11 is 1.88. The predicted molar refractivity (Wildman–Crippen MR) is 289 cm³/mol. The Morgan fingerprint density at radius 1 is 0.368 bits per heavy atom. The SMILES string of the molecule is c1ccc(-n2c3ccccc3c3ccccc32)c(-c2c(N(c3ccc(-c4cccc5ccccc45)cc3)c3ccc(-c4cccc5c4oc4ccccc45)cc3)ccc3c2sc2ccccc23)c1. The van der Waals surface area contributed by atoms with Gasteiger partial charge in [0.05, 0.1) is 22.4 Å². The molecule has 0 amide bonds. The maximum atomic E-state index is 6.54. The fourth-order valence-electron chi connectivity index (χ4n) is 10.7. The second-order valence-electron chi connectivity index (χ2n) is 17.6. The molecule has 3 nitrogen and oxygen atoms in total. The molecule has 0 fully saturated rings. The average Bonchev–Trinajstić information content (AvgIpc) is 4.09. The number of rotatable bonds is 7. The number of thiophene rings is 1. The van der Waals surface area contributed by atoms with Crippen LogP contribution >= 0.6 is 11.3 Å². The molecule has 0 N–H and O–H groups in total. The van der Waals surface area contributed by atoms with Crippen LogP contribution in [0, 0.1) is 0 Å². The Labute approximate surface area is 396 Å². The molecule has 3 heterocycles. The molecule has 0 spiro atoms. The van der Waals surface area contributed by atoms with Crippen LogP contribution in [0.15, 0.2) is 247 Å². The molecule has 0 aliphatic carbocycles. The molecule has 11 aromatic carbocycles. The summed E-state index contributed by atoms with van der Waals surface area (Å²) in [7, 11) is 0. The van der Waals surface area contributed by atoms with E-state index in [4.69, 9.17) is 4.42 Å². The van der Waals surface area contributed by atoms with Crippen LogP contribution in [0.5, 0.6) is 0 Å². The summed E-state index contributed by atoms with van der Waals surface area (Å²) < 4.78 is 11.5. The van der Waals surface area contributed by atoms with Gasteiger partial charge in [-0.3, -0.25) is 0 Å². The van der Waals surface area contributed by atoms with Gasteiger partial charge in [-0.25, -0.2) is 0 Å². The van der Waals surface area contributed by atoms with Crippen LogP contribution in [-0.2, 0) is 0 Å². The summed E-state index contributed by atoms with van der Waals surface area (Å²) in [5.74, 6) is 0. The van der Waals surface area contributed by atoms with Gasteiger partial charge in [-0.05, 0) is 88.1 Å². The molecule has 0 bridgehead atoms. The number of anilines is 3. The van der Waals surface area contributed by atoms with Crippen LogP contribution < -0.4 is 4.90 Å². The summed E-state index contributed by atoms with van der Waals surface area (Å²) in [6.07, 6.45) is 0. The van der Waals surface area contributed by atoms with E-state index in [0.29, 0.717) is 0 Å². The van der Waals surface area contributed by atoms with Crippen molar-refractivity contribution < 1.29 is 4.42 Å². The Morgan fingerprint density at radius 3 is 1.68 bits per heavy atom. The first kappa shape index (κ1) is 38.6. The highest BCUT2D eigenvalue weighted by molar-refractivity contribution is 7.26. The van der Waals surface area contributed by atoms with Crippen LogP contribution in [-0.4, -0.2) is 4.57 Å². The minimum absolute atomic E-state index is 0.898. The van der Waals surface area contributed by atoms with Gasteiger partial charge < -0.3 is 13.9 Å². The number of benzene rings is 11. The highest BCUT2D eigenvalue weighted by atomic mass is 32.1. The smallest absolute Gasteiger partial charge is 0.143 e. The highest BCUT2D eigenvalue weighted by Gasteiger charge is 2.25. The first-order valence-electron chi connectivity index (χ1n) is 23.2. The maximum Gasteiger partial charge on any atom is 0.143 e. The van der Waals surface area contributed by atoms with E-state index < -0.39 is 0 Å². The Bertz CT molecular complexity index is 4210. The lowest BCUT2D eigenvalue weighted by atomic mass is 9.96. The molecular weight excluding hydrogens is 845 g/mol. The fourth-order valence-corrected chi connectivity index (χ4v) is 12.0. The van der Waals surface area contributed by atoms with Crippen molar-refractivity contribution in [1.82, 2.24) is 4.57 Å². The van der Waals surface area contributed by atoms with Crippen molar-refractivity contribution in [2.75, 3.05) is 4.90 Å². The standard InChI is InChI=1S/C64H40N2OS/c1-2-17-46-41(15-1)16-13-23-47(46)42-31-35-44(36-32-42)65(45-37-33-43(34-38-45)48-24-14-25-53-51-20-6-11-29-60(51)67-63(48)53)59-40-39-54-52-21-7-12-30-61(52)68-64(54)62(59)55-22-5-10-28-58(55)66-56-26-8-3-18-49(56)50-19-4-9-27-57(50)66/h1-40H. The summed E-state index contributed by atoms with van der Waals surface area (Å²) in [6.45, 7) is 0. The number of aromatic nitrogens is 1. The molecule has 14 rings (SSSR count). The zero-order chi connectivity index (χ0) is 44.7. The Kier molecular flexibility index (Phi) is 8.76. The highest BCUT2D eigenvalue weighted by Crippen LogP contribution is 2.51. The van der Waals surface area contributed by atoms with E-state index in [2.05, 4.69) is 246 Å². The third-order valence-electron chi connectivity index (χ3n) is 13.8. The Balaban J connectivity index is 1.02. The predicted octanol–water partition coefficient (Wildman–Crippen LogP) is 18.7. The summed E-state index contributed by atoms with van der Waals surface area (Å²) in [6, 6.07) is 88.3. The molecule has 318 valence electrons. The second kappa shape index (κ2) is 15.5. The van der Waals surface area contributed by atoms with Crippen LogP contribution in [0.2, 0.25) is 0 Å². The number of para-hydroxylation sites is 5. The number of hydrogen-bond donors (Lipinski definition) is 0. The summed E-state index contributed by atoms with van der Waals surface area (Å²) in [5, 5.41) is 9.73. The molecule has 4 heteroatoms. The van der Waals surface area contributed by atoms with Gasteiger partial charge >= 0.3 is 0 Å².